The van der Waals surface area contributed by atoms with Gasteiger partial charge in [0.2, 0.25) is 0 Å². The van der Waals surface area contributed by atoms with Crippen molar-refractivity contribution < 1.29 is 13.5 Å². The molecule has 0 amide bonds. The summed E-state index contributed by atoms with van der Waals surface area (Å²) >= 11 is 0. The minimum absolute atomic E-state index is 0.337. The average Bonchev–Trinajstić information content (AvgIpc) is 2.52. The smallest absolute Gasteiger partial charge is 0.127 e. The Bertz CT molecular complexity index is 578. The number of methoxy groups -OCH3 is 1. The van der Waals surface area contributed by atoms with E-state index in [1.165, 1.54) is 12.1 Å². The molecular formula is C17H20F2N2O. The Kier molecular flexibility index (Phi) is 6.43. The van der Waals surface area contributed by atoms with Crippen LogP contribution in [0.5, 0.6) is 0 Å². The first-order chi connectivity index (χ1) is 10.7. The van der Waals surface area contributed by atoms with E-state index in [-0.39, 0.29) is 5.82 Å². The lowest BCUT2D eigenvalue weighted by atomic mass is 10.1. The molecule has 0 aliphatic rings. The van der Waals surface area contributed by atoms with Gasteiger partial charge in [0.15, 0.2) is 0 Å². The predicted molar refractivity (Wildman–Crippen MR) is 81.2 cm³/mol. The molecule has 0 radical (unpaired) electrons. The largest absolute Gasteiger partial charge is 0.385 e. The van der Waals surface area contributed by atoms with Crippen LogP contribution >= 0.6 is 0 Å². The van der Waals surface area contributed by atoms with Crippen LogP contribution in [0, 0.1) is 11.6 Å². The van der Waals surface area contributed by atoms with E-state index < -0.39 is 5.82 Å². The molecule has 0 N–H and O–H groups in total. The van der Waals surface area contributed by atoms with E-state index in [4.69, 9.17) is 4.74 Å². The molecule has 0 saturated carbocycles. The summed E-state index contributed by atoms with van der Waals surface area (Å²) in [6.07, 6.45) is 2.55. The van der Waals surface area contributed by atoms with E-state index in [1.807, 2.05) is 23.1 Å². The molecule has 2 aromatic rings. The third-order valence-electron chi connectivity index (χ3n) is 3.34. The molecule has 5 heteroatoms. The summed E-state index contributed by atoms with van der Waals surface area (Å²) < 4.78 is 32.2. The molecule has 0 atom stereocenters. The first-order valence-corrected chi connectivity index (χ1v) is 7.24. The van der Waals surface area contributed by atoms with Gasteiger partial charge in [-0.1, -0.05) is 6.07 Å². The summed E-state index contributed by atoms with van der Waals surface area (Å²) in [5.74, 6) is -0.815. The first-order valence-electron chi connectivity index (χ1n) is 7.24. The van der Waals surface area contributed by atoms with Crippen LogP contribution in [0.3, 0.4) is 0 Å². The van der Waals surface area contributed by atoms with Gasteiger partial charge in [0.1, 0.15) is 11.6 Å². The standard InChI is InChI=1S/C17H20F2N2O/c1-22-10-4-9-21(13-16-5-2-3-8-20-16)12-14-11-15(18)6-7-17(14)19/h2-3,5-8,11H,4,9-10,12-13H2,1H3. The van der Waals surface area contributed by atoms with E-state index in [1.54, 1.807) is 13.3 Å². The molecular weight excluding hydrogens is 286 g/mol. The second-order valence-corrected chi connectivity index (χ2v) is 5.11. The van der Waals surface area contributed by atoms with Gasteiger partial charge in [0.25, 0.3) is 0 Å². The maximum absolute atomic E-state index is 13.8. The zero-order valence-corrected chi connectivity index (χ0v) is 12.6. The Labute approximate surface area is 129 Å². The molecule has 22 heavy (non-hydrogen) atoms. The average molecular weight is 306 g/mol. The minimum atomic E-state index is -0.425. The molecule has 118 valence electrons. The number of halogens is 2. The number of hydrogen-bond donors (Lipinski definition) is 0. The summed E-state index contributed by atoms with van der Waals surface area (Å²) in [6.45, 7) is 2.27. The highest BCUT2D eigenvalue weighted by Gasteiger charge is 2.11. The van der Waals surface area contributed by atoms with Crippen molar-refractivity contribution in [2.45, 2.75) is 19.5 Å². The lowest BCUT2D eigenvalue weighted by molar-refractivity contribution is 0.165. The molecule has 0 bridgehead atoms. The molecule has 1 aromatic heterocycles. The Morgan fingerprint density at radius 2 is 2.00 bits per heavy atom. The molecule has 0 unspecified atom stereocenters. The monoisotopic (exact) mass is 306 g/mol. The van der Waals surface area contributed by atoms with Crippen LogP contribution in [0.4, 0.5) is 8.78 Å². The van der Waals surface area contributed by atoms with Crippen LogP contribution in [0.25, 0.3) is 0 Å². The molecule has 0 fully saturated rings. The third-order valence-corrected chi connectivity index (χ3v) is 3.34. The molecule has 1 aromatic carbocycles. The van der Waals surface area contributed by atoms with Gasteiger partial charge in [-0.05, 0) is 36.8 Å². The lowest BCUT2D eigenvalue weighted by Gasteiger charge is -2.22. The predicted octanol–water partition coefficient (Wildman–Crippen LogP) is 3.40. The van der Waals surface area contributed by atoms with Crippen molar-refractivity contribution in [2.24, 2.45) is 0 Å². The Morgan fingerprint density at radius 1 is 1.14 bits per heavy atom. The maximum atomic E-state index is 13.8. The highest BCUT2D eigenvalue weighted by atomic mass is 19.1. The van der Waals surface area contributed by atoms with Crippen molar-refractivity contribution in [1.82, 2.24) is 9.88 Å². The van der Waals surface area contributed by atoms with Gasteiger partial charge < -0.3 is 4.74 Å². The van der Waals surface area contributed by atoms with Crippen LogP contribution in [0.1, 0.15) is 17.7 Å². The quantitative estimate of drug-likeness (QED) is 0.699. The molecule has 2 rings (SSSR count). The molecule has 0 aliphatic carbocycles. The number of aromatic nitrogens is 1. The summed E-state index contributed by atoms with van der Waals surface area (Å²) in [7, 11) is 1.65. The number of nitrogens with zero attached hydrogens (tertiary/aromatic N) is 2. The Hall–Kier alpha value is -1.85. The number of hydrogen-bond acceptors (Lipinski definition) is 3. The van der Waals surface area contributed by atoms with Crippen LogP contribution < -0.4 is 0 Å². The lowest BCUT2D eigenvalue weighted by Crippen LogP contribution is -2.26. The van der Waals surface area contributed by atoms with E-state index in [9.17, 15) is 8.78 Å². The van der Waals surface area contributed by atoms with Gasteiger partial charge >= 0.3 is 0 Å². The van der Waals surface area contributed by atoms with Crippen LogP contribution in [0.15, 0.2) is 42.6 Å². The highest BCUT2D eigenvalue weighted by molar-refractivity contribution is 5.18. The van der Waals surface area contributed by atoms with E-state index >= 15 is 0 Å². The summed E-state index contributed by atoms with van der Waals surface area (Å²) in [4.78, 5) is 6.33. The second-order valence-electron chi connectivity index (χ2n) is 5.11. The van der Waals surface area contributed by atoms with Crippen molar-refractivity contribution in [3.8, 4) is 0 Å². The number of pyridine rings is 1. The topological polar surface area (TPSA) is 25.4 Å². The van der Waals surface area contributed by atoms with Crippen molar-refractivity contribution in [2.75, 3.05) is 20.3 Å². The molecule has 0 spiro atoms. The summed E-state index contributed by atoms with van der Waals surface area (Å²) in [5, 5.41) is 0. The van der Waals surface area contributed by atoms with Gasteiger partial charge in [-0.3, -0.25) is 9.88 Å². The fourth-order valence-corrected chi connectivity index (χ4v) is 2.27. The molecule has 3 nitrogen and oxygen atoms in total. The van der Waals surface area contributed by atoms with Gasteiger partial charge in [0.05, 0.1) is 5.69 Å². The van der Waals surface area contributed by atoms with Crippen molar-refractivity contribution >= 4 is 0 Å². The van der Waals surface area contributed by atoms with Gasteiger partial charge in [0, 0.05) is 45.1 Å². The van der Waals surface area contributed by atoms with Crippen molar-refractivity contribution in [3.05, 3.63) is 65.5 Å². The van der Waals surface area contributed by atoms with Crippen molar-refractivity contribution in [1.29, 1.82) is 0 Å². The first kappa shape index (κ1) is 16.5. The van der Waals surface area contributed by atoms with Gasteiger partial charge in [-0.15, -0.1) is 0 Å². The van der Waals surface area contributed by atoms with E-state index in [0.717, 1.165) is 24.7 Å². The Morgan fingerprint density at radius 3 is 2.73 bits per heavy atom. The third kappa shape index (κ3) is 5.16. The molecule has 0 saturated heterocycles. The fourth-order valence-electron chi connectivity index (χ4n) is 2.27. The minimum Gasteiger partial charge on any atom is -0.385 e. The van der Waals surface area contributed by atoms with Crippen molar-refractivity contribution in [3.63, 3.8) is 0 Å². The normalized spacial score (nSPS) is 11.1. The second kappa shape index (κ2) is 8.56. The Balaban J connectivity index is 2.07. The van der Waals surface area contributed by atoms with Gasteiger partial charge in [-0.2, -0.15) is 0 Å². The van der Waals surface area contributed by atoms with E-state index in [2.05, 4.69) is 4.98 Å². The summed E-state index contributed by atoms with van der Waals surface area (Å²) in [5.41, 5.74) is 1.25. The van der Waals surface area contributed by atoms with Gasteiger partial charge in [-0.25, -0.2) is 8.78 Å². The SMILES string of the molecule is COCCCN(Cc1ccccn1)Cc1cc(F)ccc1F. The fraction of sp³-hybridized carbons (Fsp3) is 0.353. The molecule has 1 heterocycles. The maximum Gasteiger partial charge on any atom is 0.127 e. The van der Waals surface area contributed by atoms with E-state index in [0.29, 0.717) is 25.3 Å². The zero-order valence-electron chi connectivity index (χ0n) is 12.6. The highest BCUT2D eigenvalue weighted by Crippen LogP contribution is 2.14. The number of ether oxygens (including phenoxy) is 1. The van der Waals surface area contributed by atoms with Crippen LogP contribution in [-0.4, -0.2) is 30.1 Å². The van der Waals surface area contributed by atoms with Crippen LogP contribution in [-0.2, 0) is 17.8 Å². The number of rotatable bonds is 8. The summed E-state index contributed by atoms with van der Waals surface area (Å²) in [6, 6.07) is 9.23. The van der Waals surface area contributed by atoms with Crippen LogP contribution in [0.2, 0.25) is 0 Å². The number of benzene rings is 1. The molecule has 0 aliphatic heterocycles. The zero-order chi connectivity index (χ0) is 15.8.